The molecule has 0 aliphatic carbocycles. The Labute approximate surface area is 158 Å². The van der Waals surface area contributed by atoms with Gasteiger partial charge in [0.15, 0.2) is 5.82 Å². The third-order valence-corrected chi connectivity index (χ3v) is 4.64. The van der Waals surface area contributed by atoms with Crippen LogP contribution in [0.3, 0.4) is 0 Å². The van der Waals surface area contributed by atoms with Crippen molar-refractivity contribution < 1.29 is 13.9 Å². The van der Waals surface area contributed by atoms with Gasteiger partial charge in [-0.2, -0.15) is 5.10 Å². The number of nitrogens with zero attached hydrogens (tertiary/aromatic N) is 3. The van der Waals surface area contributed by atoms with E-state index in [0.717, 1.165) is 0 Å². The summed E-state index contributed by atoms with van der Waals surface area (Å²) in [5.41, 5.74) is 2.75. The molecular formula is C18H15ClFN5O2. The zero-order valence-corrected chi connectivity index (χ0v) is 15.0. The lowest BCUT2D eigenvalue weighted by atomic mass is 10.00. The van der Waals surface area contributed by atoms with Crippen LogP contribution in [-0.4, -0.2) is 32.6 Å². The lowest BCUT2D eigenvalue weighted by Crippen LogP contribution is -2.00. The van der Waals surface area contributed by atoms with E-state index in [1.807, 2.05) is 6.92 Å². The first-order chi connectivity index (χ1) is 13.1. The fourth-order valence-corrected chi connectivity index (χ4v) is 3.39. The average Bonchev–Trinajstić information content (AvgIpc) is 3.28. The van der Waals surface area contributed by atoms with Crippen molar-refractivity contribution >= 4 is 40.4 Å². The van der Waals surface area contributed by atoms with Crippen LogP contribution >= 0.6 is 11.6 Å². The molecular weight excluding hydrogens is 373 g/mol. The van der Waals surface area contributed by atoms with Gasteiger partial charge in [0.2, 0.25) is 6.41 Å². The molecule has 0 unspecified atom stereocenters. The standard InChI is InChI=1S/C18H15ClFN5O2/c1-2-27-8-12-17(20)16(19)15(11-5-22-24-18(11)12)10-3-4-14-23-13(21-9-26)7-25(14)6-10/h3-7,9H,2,8H2,1H3,(H,21,26)(H,22,24). The number of anilines is 1. The van der Waals surface area contributed by atoms with Gasteiger partial charge in [-0.15, -0.1) is 0 Å². The minimum absolute atomic E-state index is 0.00399. The number of nitrogens with one attached hydrogen (secondary N) is 2. The van der Waals surface area contributed by atoms with Crippen LogP contribution in [0.2, 0.25) is 5.02 Å². The highest BCUT2D eigenvalue weighted by atomic mass is 35.5. The summed E-state index contributed by atoms with van der Waals surface area (Å²) >= 11 is 6.40. The van der Waals surface area contributed by atoms with Crippen LogP contribution in [0.25, 0.3) is 27.7 Å². The monoisotopic (exact) mass is 387 g/mol. The number of ether oxygens (including phenoxy) is 1. The normalized spacial score (nSPS) is 11.4. The van der Waals surface area contributed by atoms with Gasteiger partial charge < -0.3 is 14.5 Å². The molecule has 7 nitrogen and oxygen atoms in total. The van der Waals surface area contributed by atoms with Crippen LogP contribution in [0.5, 0.6) is 0 Å². The van der Waals surface area contributed by atoms with E-state index in [2.05, 4.69) is 20.5 Å². The smallest absolute Gasteiger partial charge is 0.212 e. The van der Waals surface area contributed by atoms with E-state index in [4.69, 9.17) is 16.3 Å². The average molecular weight is 388 g/mol. The van der Waals surface area contributed by atoms with Crippen LogP contribution in [0.15, 0.2) is 30.7 Å². The Kier molecular flexibility index (Phi) is 4.51. The summed E-state index contributed by atoms with van der Waals surface area (Å²) in [6.45, 7) is 2.40. The summed E-state index contributed by atoms with van der Waals surface area (Å²) in [6, 6.07) is 3.56. The van der Waals surface area contributed by atoms with Crippen molar-refractivity contribution in [1.29, 1.82) is 0 Å². The fourth-order valence-electron chi connectivity index (χ4n) is 3.07. The summed E-state index contributed by atoms with van der Waals surface area (Å²) in [5, 5.41) is 10.1. The van der Waals surface area contributed by atoms with E-state index in [1.54, 1.807) is 35.1 Å². The minimum Gasteiger partial charge on any atom is -0.377 e. The van der Waals surface area contributed by atoms with Gasteiger partial charge in [-0.1, -0.05) is 11.6 Å². The molecule has 0 bridgehead atoms. The maximum atomic E-state index is 15.0. The van der Waals surface area contributed by atoms with Gasteiger partial charge in [-0.05, 0) is 19.1 Å². The number of halogens is 2. The van der Waals surface area contributed by atoms with Gasteiger partial charge in [0.1, 0.15) is 11.5 Å². The van der Waals surface area contributed by atoms with Crippen molar-refractivity contribution in [2.45, 2.75) is 13.5 Å². The Morgan fingerprint density at radius 1 is 1.41 bits per heavy atom. The van der Waals surface area contributed by atoms with Gasteiger partial charge in [0, 0.05) is 34.9 Å². The highest BCUT2D eigenvalue weighted by molar-refractivity contribution is 6.35. The van der Waals surface area contributed by atoms with Crippen LogP contribution < -0.4 is 5.32 Å². The topological polar surface area (TPSA) is 84.3 Å². The zero-order chi connectivity index (χ0) is 19.0. The fraction of sp³-hybridized carbons (Fsp3) is 0.167. The van der Waals surface area contributed by atoms with Gasteiger partial charge in [-0.25, -0.2) is 9.37 Å². The largest absolute Gasteiger partial charge is 0.377 e. The first-order valence-corrected chi connectivity index (χ1v) is 8.61. The van der Waals surface area contributed by atoms with E-state index in [0.29, 0.717) is 52.1 Å². The summed E-state index contributed by atoms with van der Waals surface area (Å²) in [4.78, 5) is 14.9. The molecule has 1 amide bonds. The van der Waals surface area contributed by atoms with E-state index < -0.39 is 5.82 Å². The number of aromatic nitrogens is 4. The van der Waals surface area contributed by atoms with Crippen molar-refractivity contribution in [3.05, 3.63) is 47.1 Å². The second kappa shape index (κ2) is 6.98. The molecule has 0 spiro atoms. The Morgan fingerprint density at radius 2 is 2.26 bits per heavy atom. The Bertz CT molecular complexity index is 1150. The number of pyridine rings is 1. The number of H-pyrrole nitrogens is 1. The predicted octanol–water partition coefficient (Wildman–Crippen LogP) is 3.77. The van der Waals surface area contributed by atoms with Crippen LogP contribution in [0.1, 0.15) is 12.5 Å². The molecule has 3 heterocycles. The number of hydrogen-bond donors (Lipinski definition) is 2. The Morgan fingerprint density at radius 3 is 3.04 bits per heavy atom. The second-order valence-electron chi connectivity index (χ2n) is 5.85. The molecule has 0 aliphatic rings. The molecule has 9 heteroatoms. The van der Waals surface area contributed by atoms with Gasteiger partial charge in [0.05, 0.1) is 29.5 Å². The van der Waals surface area contributed by atoms with E-state index in [-0.39, 0.29) is 11.6 Å². The van der Waals surface area contributed by atoms with Gasteiger partial charge >= 0.3 is 0 Å². The van der Waals surface area contributed by atoms with Crippen molar-refractivity contribution in [3.8, 4) is 11.1 Å². The second-order valence-corrected chi connectivity index (χ2v) is 6.23. The molecule has 4 aromatic rings. The van der Waals surface area contributed by atoms with E-state index in [9.17, 15) is 9.18 Å². The van der Waals surface area contributed by atoms with E-state index in [1.165, 1.54) is 0 Å². The summed E-state index contributed by atoms with van der Waals surface area (Å²) in [5.74, 6) is -0.120. The molecule has 0 saturated carbocycles. The summed E-state index contributed by atoms with van der Waals surface area (Å²) in [6.07, 6.45) is 5.60. The Hall–Kier alpha value is -2.97. The molecule has 4 rings (SSSR count). The number of benzene rings is 1. The predicted molar refractivity (Wildman–Crippen MR) is 100 cm³/mol. The molecule has 1 aromatic carbocycles. The maximum Gasteiger partial charge on any atom is 0.212 e. The number of hydrogen-bond acceptors (Lipinski definition) is 4. The van der Waals surface area contributed by atoms with Crippen LogP contribution in [0.4, 0.5) is 10.2 Å². The molecule has 0 fully saturated rings. The SMILES string of the molecule is CCOCc1c(F)c(Cl)c(-c2ccc3nc(NC=O)cn3c2)c2cn[nH]c12. The number of aromatic amines is 1. The molecule has 0 aliphatic heterocycles. The van der Waals surface area contributed by atoms with Crippen LogP contribution in [-0.2, 0) is 16.1 Å². The summed E-state index contributed by atoms with van der Waals surface area (Å²) in [7, 11) is 0. The lowest BCUT2D eigenvalue weighted by Gasteiger charge is -2.12. The number of amides is 1. The number of carbonyl (C=O) groups is 1. The number of carbonyl (C=O) groups excluding carboxylic acids is 1. The van der Waals surface area contributed by atoms with E-state index >= 15 is 0 Å². The van der Waals surface area contributed by atoms with Crippen LogP contribution in [0, 0.1) is 5.82 Å². The maximum absolute atomic E-state index is 15.0. The first-order valence-electron chi connectivity index (χ1n) is 8.24. The highest BCUT2D eigenvalue weighted by Gasteiger charge is 2.21. The quantitative estimate of drug-likeness (QED) is 0.493. The Balaban J connectivity index is 1.91. The zero-order valence-electron chi connectivity index (χ0n) is 14.3. The third kappa shape index (κ3) is 2.92. The van der Waals surface area contributed by atoms with Crippen molar-refractivity contribution in [1.82, 2.24) is 19.6 Å². The third-order valence-electron chi connectivity index (χ3n) is 4.28. The molecule has 0 radical (unpaired) electrons. The first kappa shape index (κ1) is 17.4. The van der Waals surface area contributed by atoms with Crippen molar-refractivity contribution in [2.75, 3.05) is 11.9 Å². The number of rotatable bonds is 6. The van der Waals surface area contributed by atoms with Gasteiger partial charge in [0.25, 0.3) is 0 Å². The minimum atomic E-state index is -0.536. The molecule has 138 valence electrons. The number of fused-ring (bicyclic) bond motifs is 2. The molecule has 27 heavy (non-hydrogen) atoms. The molecule has 0 saturated heterocycles. The van der Waals surface area contributed by atoms with Gasteiger partial charge in [-0.3, -0.25) is 9.89 Å². The molecule has 0 atom stereocenters. The molecule has 3 aromatic heterocycles. The number of imidazole rings is 1. The lowest BCUT2D eigenvalue weighted by molar-refractivity contribution is -0.105. The van der Waals surface area contributed by atoms with Crippen molar-refractivity contribution in [3.63, 3.8) is 0 Å². The van der Waals surface area contributed by atoms with Crippen molar-refractivity contribution in [2.24, 2.45) is 0 Å². The molecule has 2 N–H and O–H groups in total. The highest BCUT2D eigenvalue weighted by Crippen LogP contribution is 2.39. The summed E-state index contributed by atoms with van der Waals surface area (Å²) < 4.78 is 22.1.